The zero-order valence-corrected chi connectivity index (χ0v) is 10.7. The van der Waals surface area contributed by atoms with Crippen LogP contribution in [0, 0.1) is 10.1 Å². The molecule has 1 aliphatic rings. The van der Waals surface area contributed by atoms with E-state index in [1.54, 1.807) is 6.07 Å². The molecule has 2 N–H and O–H groups in total. The number of carbonyl (C=O) groups excluding carboxylic acids is 2. The van der Waals surface area contributed by atoms with Crippen molar-refractivity contribution in [3.63, 3.8) is 0 Å². The Morgan fingerprint density at radius 3 is 2.80 bits per heavy atom. The van der Waals surface area contributed by atoms with E-state index in [-0.39, 0.29) is 29.5 Å². The number of hydrogen-bond acceptors (Lipinski definition) is 6. The third-order valence-electron chi connectivity index (χ3n) is 2.97. The Morgan fingerprint density at radius 1 is 1.45 bits per heavy atom. The van der Waals surface area contributed by atoms with E-state index >= 15 is 0 Å². The monoisotopic (exact) mass is 279 g/mol. The molecule has 106 valence electrons. The van der Waals surface area contributed by atoms with Crippen LogP contribution >= 0.6 is 0 Å². The number of piperidine rings is 1. The molecule has 0 spiro atoms. The van der Waals surface area contributed by atoms with E-state index in [1.165, 1.54) is 19.2 Å². The van der Waals surface area contributed by atoms with Crippen molar-refractivity contribution in [2.45, 2.75) is 18.9 Å². The molecular formula is C12H13N3O5. The van der Waals surface area contributed by atoms with Crippen molar-refractivity contribution in [3.8, 4) is 5.75 Å². The highest BCUT2D eigenvalue weighted by Crippen LogP contribution is 2.35. The fourth-order valence-corrected chi connectivity index (χ4v) is 2.01. The predicted molar refractivity (Wildman–Crippen MR) is 69.4 cm³/mol. The number of amides is 2. The third kappa shape index (κ3) is 2.68. The van der Waals surface area contributed by atoms with Crippen molar-refractivity contribution >= 4 is 23.2 Å². The van der Waals surface area contributed by atoms with E-state index in [0.717, 1.165) is 0 Å². The lowest BCUT2D eigenvalue weighted by molar-refractivity contribution is -0.384. The van der Waals surface area contributed by atoms with Crippen molar-refractivity contribution in [2.75, 3.05) is 12.4 Å². The number of methoxy groups -OCH3 is 1. The summed E-state index contributed by atoms with van der Waals surface area (Å²) < 4.78 is 4.94. The highest BCUT2D eigenvalue weighted by molar-refractivity contribution is 6.01. The number of para-hydroxylation sites is 1. The molecule has 1 aliphatic heterocycles. The maximum atomic E-state index is 11.6. The molecule has 1 aromatic rings. The molecule has 1 fully saturated rings. The van der Waals surface area contributed by atoms with Crippen LogP contribution in [-0.4, -0.2) is 29.9 Å². The average molecular weight is 279 g/mol. The fraction of sp³-hybridized carbons (Fsp3) is 0.333. The Balaban J connectivity index is 2.27. The summed E-state index contributed by atoms with van der Waals surface area (Å²) in [6, 6.07) is 3.86. The highest BCUT2D eigenvalue weighted by Gasteiger charge is 2.29. The Labute approximate surface area is 114 Å². The van der Waals surface area contributed by atoms with Gasteiger partial charge in [0.05, 0.1) is 12.0 Å². The Bertz CT molecular complexity index is 572. The largest absolute Gasteiger partial charge is 0.490 e. The van der Waals surface area contributed by atoms with Crippen molar-refractivity contribution < 1.29 is 19.2 Å². The molecule has 8 heteroatoms. The van der Waals surface area contributed by atoms with E-state index < -0.39 is 16.9 Å². The van der Waals surface area contributed by atoms with E-state index in [4.69, 9.17) is 4.74 Å². The van der Waals surface area contributed by atoms with Gasteiger partial charge >= 0.3 is 5.69 Å². The summed E-state index contributed by atoms with van der Waals surface area (Å²) in [7, 11) is 1.33. The van der Waals surface area contributed by atoms with Gasteiger partial charge in [-0.15, -0.1) is 0 Å². The molecule has 0 saturated carbocycles. The quantitative estimate of drug-likeness (QED) is 0.479. The number of rotatable bonds is 4. The molecule has 0 radical (unpaired) electrons. The first-order valence-electron chi connectivity index (χ1n) is 5.94. The highest BCUT2D eigenvalue weighted by atomic mass is 16.6. The smallest absolute Gasteiger partial charge is 0.333 e. The number of nitrogens with zero attached hydrogens (tertiary/aromatic N) is 1. The van der Waals surface area contributed by atoms with Crippen molar-refractivity contribution in [1.29, 1.82) is 0 Å². The summed E-state index contributed by atoms with van der Waals surface area (Å²) >= 11 is 0. The van der Waals surface area contributed by atoms with Gasteiger partial charge in [0.2, 0.25) is 11.8 Å². The molecule has 1 heterocycles. The maximum absolute atomic E-state index is 11.6. The zero-order valence-electron chi connectivity index (χ0n) is 10.7. The van der Waals surface area contributed by atoms with Gasteiger partial charge in [0, 0.05) is 6.42 Å². The molecule has 0 bridgehead atoms. The number of ether oxygens (including phenoxy) is 1. The second-order valence-corrected chi connectivity index (χ2v) is 4.26. The van der Waals surface area contributed by atoms with Crippen LogP contribution in [0.4, 0.5) is 11.4 Å². The number of nitro groups is 1. The maximum Gasteiger partial charge on any atom is 0.333 e. The molecule has 1 saturated heterocycles. The molecule has 2 rings (SSSR count). The van der Waals surface area contributed by atoms with Crippen molar-refractivity contribution in [1.82, 2.24) is 5.32 Å². The van der Waals surface area contributed by atoms with Crippen LogP contribution in [0.2, 0.25) is 0 Å². The first-order chi connectivity index (χ1) is 9.52. The summed E-state index contributed by atoms with van der Waals surface area (Å²) in [6.07, 6.45) is 0.486. The first-order valence-corrected chi connectivity index (χ1v) is 5.94. The topological polar surface area (TPSA) is 111 Å². The number of hydrogen-bond donors (Lipinski definition) is 2. The van der Waals surface area contributed by atoms with Crippen LogP contribution in [0.3, 0.4) is 0 Å². The molecule has 2 amide bonds. The molecule has 0 aliphatic carbocycles. The second kappa shape index (κ2) is 5.55. The minimum Gasteiger partial charge on any atom is -0.490 e. The molecule has 1 atom stereocenters. The van der Waals surface area contributed by atoms with E-state index in [9.17, 15) is 19.7 Å². The Morgan fingerprint density at radius 2 is 2.20 bits per heavy atom. The minimum atomic E-state index is -0.682. The lowest BCUT2D eigenvalue weighted by atomic mass is 10.1. The fourth-order valence-electron chi connectivity index (χ4n) is 2.01. The van der Waals surface area contributed by atoms with Gasteiger partial charge in [-0.25, -0.2) is 0 Å². The Hall–Kier alpha value is -2.64. The van der Waals surface area contributed by atoms with Gasteiger partial charge in [0.1, 0.15) is 11.7 Å². The number of nitrogens with one attached hydrogen (secondary N) is 2. The summed E-state index contributed by atoms with van der Waals surface area (Å²) in [6.45, 7) is 0. The number of carbonyl (C=O) groups is 2. The molecule has 20 heavy (non-hydrogen) atoms. The van der Waals surface area contributed by atoms with Crippen molar-refractivity contribution in [2.24, 2.45) is 0 Å². The van der Waals surface area contributed by atoms with E-state index in [2.05, 4.69) is 10.6 Å². The summed E-state index contributed by atoms with van der Waals surface area (Å²) in [5.74, 6) is -0.723. The first kappa shape index (κ1) is 13.8. The van der Waals surface area contributed by atoms with Gasteiger partial charge in [-0.2, -0.15) is 0 Å². The lowest BCUT2D eigenvalue weighted by Crippen LogP contribution is -2.47. The minimum absolute atomic E-state index is 0.104. The van der Waals surface area contributed by atoms with Crippen LogP contribution in [-0.2, 0) is 9.59 Å². The Kier molecular flexibility index (Phi) is 3.83. The third-order valence-corrected chi connectivity index (χ3v) is 2.97. The van der Waals surface area contributed by atoms with Gasteiger partial charge in [0.15, 0.2) is 5.75 Å². The zero-order chi connectivity index (χ0) is 14.7. The normalized spacial score (nSPS) is 18.4. The lowest BCUT2D eigenvalue weighted by Gasteiger charge is -2.22. The molecule has 0 aromatic heterocycles. The summed E-state index contributed by atoms with van der Waals surface area (Å²) in [5, 5.41) is 16.1. The van der Waals surface area contributed by atoms with E-state index in [0.29, 0.717) is 6.42 Å². The second-order valence-electron chi connectivity index (χ2n) is 4.26. The van der Waals surface area contributed by atoms with E-state index in [1.807, 2.05) is 0 Å². The summed E-state index contributed by atoms with van der Waals surface area (Å²) in [4.78, 5) is 33.2. The number of benzene rings is 1. The SMILES string of the molecule is COc1cccc(NC2CCC(=O)NC2=O)c1[N+](=O)[O-]. The van der Waals surface area contributed by atoms with Crippen LogP contribution in [0.5, 0.6) is 5.75 Å². The average Bonchev–Trinajstić information content (AvgIpc) is 2.41. The molecule has 1 unspecified atom stereocenters. The van der Waals surface area contributed by atoms with Gasteiger partial charge in [-0.1, -0.05) is 6.07 Å². The van der Waals surface area contributed by atoms with Gasteiger partial charge < -0.3 is 10.1 Å². The standard InChI is InChI=1S/C12H13N3O5/c1-20-9-4-2-3-7(11(9)15(18)19)13-8-5-6-10(16)14-12(8)17/h2-4,8,13H,5-6H2,1H3,(H,14,16,17). The molecule has 1 aromatic carbocycles. The van der Waals surface area contributed by atoms with Gasteiger partial charge in [0.25, 0.3) is 0 Å². The van der Waals surface area contributed by atoms with Crippen LogP contribution < -0.4 is 15.4 Å². The van der Waals surface area contributed by atoms with Gasteiger partial charge in [-0.05, 0) is 18.6 Å². The van der Waals surface area contributed by atoms with Crippen molar-refractivity contribution in [3.05, 3.63) is 28.3 Å². The molecule has 8 nitrogen and oxygen atoms in total. The van der Waals surface area contributed by atoms with Gasteiger partial charge in [-0.3, -0.25) is 25.0 Å². The molecular weight excluding hydrogens is 266 g/mol. The number of anilines is 1. The van der Waals surface area contributed by atoms with Crippen LogP contribution in [0.1, 0.15) is 12.8 Å². The van der Waals surface area contributed by atoms with Crippen LogP contribution in [0.25, 0.3) is 0 Å². The number of imide groups is 1. The number of nitro benzene ring substituents is 1. The predicted octanol–water partition coefficient (Wildman–Crippen LogP) is 0.820. The van der Waals surface area contributed by atoms with Crippen LogP contribution in [0.15, 0.2) is 18.2 Å². The summed E-state index contributed by atoms with van der Waals surface area (Å²) in [5.41, 5.74) is -0.0523.